The van der Waals surface area contributed by atoms with Crippen molar-refractivity contribution in [3.05, 3.63) is 0 Å². The van der Waals surface area contributed by atoms with Crippen LogP contribution in [0.15, 0.2) is 4.99 Å². The van der Waals surface area contributed by atoms with Gasteiger partial charge >= 0.3 is 12.1 Å². The van der Waals surface area contributed by atoms with Crippen molar-refractivity contribution in [2.45, 2.75) is 84.9 Å². The molecule has 0 radical (unpaired) electrons. The van der Waals surface area contributed by atoms with Crippen molar-refractivity contribution in [2.75, 3.05) is 20.2 Å². The zero-order chi connectivity index (χ0) is 22.0. The van der Waals surface area contributed by atoms with Gasteiger partial charge in [0, 0.05) is 19.6 Å². The lowest BCUT2D eigenvalue weighted by atomic mass is 9.86. The summed E-state index contributed by atoms with van der Waals surface area (Å²) in [5, 5.41) is 9.65. The van der Waals surface area contributed by atoms with Crippen molar-refractivity contribution < 1.29 is 19.1 Å². The minimum absolute atomic E-state index is 0. The van der Waals surface area contributed by atoms with Gasteiger partial charge in [0.25, 0.3) is 0 Å². The van der Waals surface area contributed by atoms with Gasteiger partial charge in [0.05, 0.1) is 18.6 Å². The number of carbonyl (C=O) groups excluding carboxylic acids is 2. The number of guanidine groups is 1. The Kier molecular flexibility index (Phi) is 13.3. The van der Waals surface area contributed by atoms with Gasteiger partial charge in [0.1, 0.15) is 5.60 Å². The lowest BCUT2D eigenvalue weighted by Crippen LogP contribution is -2.52. The molecule has 1 aliphatic rings. The molecule has 3 N–H and O–H groups in total. The second-order valence-corrected chi connectivity index (χ2v) is 8.89. The molecule has 0 bridgehead atoms. The number of halogens is 1. The Morgan fingerprint density at radius 2 is 1.73 bits per heavy atom. The molecule has 0 spiro atoms. The molecular formula is C21H41IN4O4. The summed E-state index contributed by atoms with van der Waals surface area (Å²) in [5.74, 6) is 0.849. The molecule has 9 heteroatoms. The highest BCUT2D eigenvalue weighted by Crippen LogP contribution is 2.25. The van der Waals surface area contributed by atoms with Gasteiger partial charge in [-0.2, -0.15) is 0 Å². The van der Waals surface area contributed by atoms with Crippen LogP contribution in [0.25, 0.3) is 0 Å². The van der Waals surface area contributed by atoms with E-state index in [0.717, 1.165) is 25.7 Å². The number of ether oxygens (including phenoxy) is 2. The van der Waals surface area contributed by atoms with Gasteiger partial charge in [-0.1, -0.05) is 13.8 Å². The molecular weight excluding hydrogens is 499 g/mol. The number of nitrogens with one attached hydrogen (secondary N) is 3. The molecule has 0 aromatic carbocycles. The monoisotopic (exact) mass is 540 g/mol. The van der Waals surface area contributed by atoms with Crippen molar-refractivity contribution in [1.29, 1.82) is 0 Å². The van der Waals surface area contributed by atoms with E-state index >= 15 is 0 Å². The number of carbonyl (C=O) groups is 2. The van der Waals surface area contributed by atoms with Crippen LogP contribution < -0.4 is 16.0 Å². The quantitative estimate of drug-likeness (QED) is 0.198. The maximum Gasteiger partial charge on any atom is 0.407 e. The third kappa shape index (κ3) is 11.2. The van der Waals surface area contributed by atoms with E-state index in [4.69, 9.17) is 9.47 Å². The van der Waals surface area contributed by atoms with Crippen LogP contribution in [0.4, 0.5) is 4.79 Å². The van der Waals surface area contributed by atoms with Gasteiger partial charge < -0.3 is 25.4 Å². The Balaban J connectivity index is 0.00000841. The summed E-state index contributed by atoms with van der Waals surface area (Å²) in [7, 11) is 1.73. The lowest BCUT2D eigenvalue weighted by Gasteiger charge is -2.30. The summed E-state index contributed by atoms with van der Waals surface area (Å²) >= 11 is 0. The Labute approximate surface area is 198 Å². The summed E-state index contributed by atoms with van der Waals surface area (Å²) in [4.78, 5) is 28.3. The highest BCUT2D eigenvalue weighted by molar-refractivity contribution is 14.0. The van der Waals surface area contributed by atoms with Crippen molar-refractivity contribution in [3.63, 3.8) is 0 Å². The minimum atomic E-state index is -0.529. The van der Waals surface area contributed by atoms with Gasteiger partial charge in [0.15, 0.2) is 5.96 Å². The number of esters is 1. The first-order valence-electron chi connectivity index (χ1n) is 10.7. The minimum Gasteiger partial charge on any atom is -0.466 e. The van der Waals surface area contributed by atoms with Crippen molar-refractivity contribution >= 4 is 42.0 Å². The fourth-order valence-electron chi connectivity index (χ4n) is 3.24. The molecule has 1 aliphatic carbocycles. The molecule has 0 aliphatic heterocycles. The number of hydrogen-bond acceptors (Lipinski definition) is 5. The van der Waals surface area contributed by atoms with E-state index in [1.54, 1.807) is 7.05 Å². The van der Waals surface area contributed by atoms with Crippen LogP contribution in [0.5, 0.6) is 0 Å². The number of aliphatic imine (C=N–C) groups is 1. The fourth-order valence-corrected chi connectivity index (χ4v) is 3.24. The third-order valence-electron chi connectivity index (χ3n) is 4.91. The summed E-state index contributed by atoms with van der Waals surface area (Å²) in [6, 6.07) is 0.172. The Morgan fingerprint density at radius 3 is 2.20 bits per heavy atom. The summed E-state index contributed by atoms with van der Waals surface area (Å²) < 4.78 is 10.5. The van der Waals surface area contributed by atoms with E-state index in [2.05, 4.69) is 34.8 Å². The molecule has 176 valence electrons. The van der Waals surface area contributed by atoms with E-state index in [9.17, 15) is 9.59 Å². The molecule has 0 aromatic rings. The van der Waals surface area contributed by atoms with Crippen LogP contribution in [0.1, 0.15) is 67.2 Å². The largest absolute Gasteiger partial charge is 0.466 e. The molecule has 1 unspecified atom stereocenters. The molecule has 1 rings (SSSR count). The van der Waals surface area contributed by atoms with E-state index in [1.165, 1.54) is 0 Å². The van der Waals surface area contributed by atoms with Crippen LogP contribution in [0, 0.1) is 11.8 Å². The smallest absolute Gasteiger partial charge is 0.407 e. The van der Waals surface area contributed by atoms with Gasteiger partial charge in [-0.15, -0.1) is 24.0 Å². The SMILES string of the molecule is CCOC(=O)C1CCC(NC(=NC)NCC(NC(=O)OC(C)(C)C)C(C)C)CC1.I. The van der Waals surface area contributed by atoms with E-state index in [0.29, 0.717) is 19.1 Å². The molecule has 8 nitrogen and oxygen atoms in total. The predicted molar refractivity (Wildman–Crippen MR) is 130 cm³/mol. The Bertz CT molecular complexity index is 556. The van der Waals surface area contributed by atoms with Crippen LogP contribution >= 0.6 is 24.0 Å². The predicted octanol–water partition coefficient (Wildman–Crippen LogP) is 3.44. The summed E-state index contributed by atoms with van der Waals surface area (Å²) in [6.07, 6.45) is 3.02. The lowest BCUT2D eigenvalue weighted by molar-refractivity contribution is -0.149. The Hall–Kier alpha value is -1.26. The number of amides is 1. The maximum absolute atomic E-state index is 12.1. The number of alkyl carbamates (subject to hydrolysis) is 1. The van der Waals surface area contributed by atoms with Crippen LogP contribution in [-0.4, -0.2) is 55.9 Å². The second kappa shape index (κ2) is 13.9. The number of hydrogen-bond donors (Lipinski definition) is 3. The average Bonchev–Trinajstić information content (AvgIpc) is 2.62. The number of rotatable bonds is 7. The van der Waals surface area contributed by atoms with Crippen molar-refractivity contribution in [2.24, 2.45) is 16.8 Å². The molecule has 0 heterocycles. The highest BCUT2D eigenvalue weighted by atomic mass is 127. The van der Waals surface area contributed by atoms with Gasteiger partial charge in [0.2, 0.25) is 0 Å². The van der Waals surface area contributed by atoms with E-state index in [-0.39, 0.29) is 53.9 Å². The zero-order valence-corrected chi connectivity index (χ0v) is 21.9. The van der Waals surface area contributed by atoms with Crippen LogP contribution in [0.2, 0.25) is 0 Å². The standard InChI is InChI=1S/C21H40N4O4.HI/c1-8-28-18(26)15-9-11-16(12-10-15)24-19(22-7)23-13-17(14(2)3)25-20(27)29-21(4,5)6;/h14-17H,8-13H2,1-7H3,(H,25,27)(H2,22,23,24);1H. The molecule has 1 saturated carbocycles. The van der Waals surface area contributed by atoms with Crippen LogP contribution in [0.3, 0.4) is 0 Å². The van der Waals surface area contributed by atoms with Crippen LogP contribution in [-0.2, 0) is 14.3 Å². The first-order chi connectivity index (χ1) is 13.6. The van der Waals surface area contributed by atoms with Gasteiger partial charge in [-0.25, -0.2) is 4.79 Å². The highest BCUT2D eigenvalue weighted by Gasteiger charge is 2.28. The van der Waals surface area contributed by atoms with Crippen molar-refractivity contribution in [3.8, 4) is 0 Å². The number of nitrogens with zero attached hydrogens (tertiary/aromatic N) is 1. The van der Waals surface area contributed by atoms with E-state index < -0.39 is 11.7 Å². The first kappa shape index (κ1) is 28.7. The third-order valence-corrected chi connectivity index (χ3v) is 4.91. The maximum atomic E-state index is 12.1. The molecule has 1 amide bonds. The van der Waals surface area contributed by atoms with E-state index in [1.807, 2.05) is 27.7 Å². The molecule has 0 aromatic heterocycles. The summed E-state index contributed by atoms with van der Waals surface area (Å²) in [6.45, 7) is 12.4. The molecule has 0 saturated heterocycles. The second-order valence-electron chi connectivity index (χ2n) is 8.89. The fraction of sp³-hybridized carbons (Fsp3) is 0.857. The Morgan fingerprint density at radius 1 is 1.13 bits per heavy atom. The molecule has 1 fully saturated rings. The topological polar surface area (TPSA) is 101 Å². The summed E-state index contributed by atoms with van der Waals surface area (Å²) in [5.41, 5.74) is -0.529. The molecule has 1 atom stereocenters. The normalized spacial score (nSPS) is 20.6. The first-order valence-corrected chi connectivity index (χ1v) is 10.7. The average molecular weight is 540 g/mol. The molecule has 30 heavy (non-hydrogen) atoms. The zero-order valence-electron chi connectivity index (χ0n) is 19.5. The van der Waals surface area contributed by atoms with Crippen molar-refractivity contribution in [1.82, 2.24) is 16.0 Å². The van der Waals surface area contributed by atoms with Gasteiger partial charge in [-0.05, 0) is 59.3 Å². The van der Waals surface area contributed by atoms with Gasteiger partial charge in [-0.3, -0.25) is 9.79 Å².